The number of aryl methyl sites for hydroxylation is 1. The molecule has 0 atom stereocenters. The highest BCUT2D eigenvalue weighted by molar-refractivity contribution is 7.17. The molecule has 4 rings (SSSR count). The minimum atomic E-state index is 0.0309. The lowest BCUT2D eigenvalue weighted by molar-refractivity contribution is 0.104. The summed E-state index contributed by atoms with van der Waals surface area (Å²) in [6.07, 6.45) is 0. The Balaban J connectivity index is 1.91. The van der Waals surface area contributed by atoms with Crippen molar-refractivity contribution in [3.05, 3.63) is 82.7 Å². The molecule has 4 aromatic rings. The number of benzene rings is 3. The topological polar surface area (TPSA) is 35.5 Å². The molecule has 0 N–H and O–H groups in total. The standard InChI is InChI=1S/C24H20O3S/c1-15-12-18(27-3)13-20(16-8-10-17(26-2)11-9-16)23(15)24(25)21-14-28-22-7-5-4-6-19(21)22/h4-14H,1-3H3. The number of thiophene rings is 1. The van der Waals surface area contributed by atoms with E-state index < -0.39 is 0 Å². The Morgan fingerprint density at radius 2 is 1.61 bits per heavy atom. The smallest absolute Gasteiger partial charge is 0.195 e. The fourth-order valence-corrected chi connectivity index (χ4v) is 4.40. The van der Waals surface area contributed by atoms with E-state index in [4.69, 9.17) is 9.47 Å². The van der Waals surface area contributed by atoms with Crippen LogP contribution in [0.2, 0.25) is 0 Å². The average Bonchev–Trinajstić information content (AvgIpc) is 3.17. The quantitative estimate of drug-likeness (QED) is 0.386. The van der Waals surface area contributed by atoms with Gasteiger partial charge in [0.05, 0.1) is 14.2 Å². The van der Waals surface area contributed by atoms with Crippen molar-refractivity contribution in [3.8, 4) is 22.6 Å². The van der Waals surface area contributed by atoms with Crippen molar-refractivity contribution >= 4 is 27.2 Å². The van der Waals surface area contributed by atoms with Gasteiger partial charge in [0.15, 0.2) is 5.78 Å². The summed E-state index contributed by atoms with van der Waals surface area (Å²) in [6, 6.07) is 19.6. The highest BCUT2D eigenvalue weighted by atomic mass is 32.1. The molecule has 0 radical (unpaired) electrons. The van der Waals surface area contributed by atoms with E-state index in [0.717, 1.165) is 43.8 Å². The van der Waals surface area contributed by atoms with Gasteiger partial charge in [-0.2, -0.15) is 0 Å². The number of hydrogen-bond acceptors (Lipinski definition) is 4. The predicted octanol–water partition coefficient (Wildman–Crippen LogP) is 6.12. The number of carbonyl (C=O) groups excluding carboxylic acids is 1. The summed E-state index contributed by atoms with van der Waals surface area (Å²) in [6.45, 7) is 1.96. The van der Waals surface area contributed by atoms with Crippen LogP contribution in [0.1, 0.15) is 21.5 Å². The fourth-order valence-electron chi connectivity index (χ4n) is 3.46. The monoisotopic (exact) mass is 388 g/mol. The Labute approximate surface area is 168 Å². The Morgan fingerprint density at radius 3 is 2.32 bits per heavy atom. The van der Waals surface area contributed by atoms with Gasteiger partial charge in [-0.3, -0.25) is 4.79 Å². The number of fused-ring (bicyclic) bond motifs is 1. The molecule has 140 valence electrons. The lowest BCUT2D eigenvalue weighted by Crippen LogP contribution is -2.06. The predicted molar refractivity (Wildman–Crippen MR) is 115 cm³/mol. The van der Waals surface area contributed by atoms with Gasteiger partial charge in [0.1, 0.15) is 11.5 Å². The van der Waals surface area contributed by atoms with Crippen molar-refractivity contribution in [2.45, 2.75) is 6.92 Å². The van der Waals surface area contributed by atoms with Crippen LogP contribution in [0.25, 0.3) is 21.2 Å². The molecule has 0 amide bonds. The second-order valence-electron chi connectivity index (χ2n) is 6.57. The molecule has 1 heterocycles. The van der Waals surface area contributed by atoms with Gasteiger partial charge in [-0.05, 0) is 53.9 Å². The Hall–Kier alpha value is -3.11. The molecule has 0 aliphatic carbocycles. The summed E-state index contributed by atoms with van der Waals surface area (Å²) in [7, 11) is 3.28. The van der Waals surface area contributed by atoms with Crippen LogP contribution in [0.15, 0.2) is 66.0 Å². The highest BCUT2D eigenvalue weighted by Crippen LogP contribution is 2.35. The summed E-state index contributed by atoms with van der Waals surface area (Å²) >= 11 is 1.59. The zero-order chi connectivity index (χ0) is 19.7. The van der Waals surface area contributed by atoms with E-state index in [1.807, 2.05) is 73.0 Å². The molecule has 3 nitrogen and oxygen atoms in total. The lowest BCUT2D eigenvalue weighted by atomic mass is 9.90. The van der Waals surface area contributed by atoms with Crippen molar-refractivity contribution in [2.75, 3.05) is 14.2 Å². The maximum atomic E-state index is 13.6. The molecule has 0 aliphatic heterocycles. The SMILES string of the molecule is COc1ccc(-c2cc(OC)cc(C)c2C(=O)c2csc3ccccc23)cc1. The number of ether oxygens (including phenoxy) is 2. The maximum Gasteiger partial charge on any atom is 0.195 e. The summed E-state index contributed by atoms with van der Waals surface area (Å²) in [5, 5.41) is 2.95. The van der Waals surface area contributed by atoms with Gasteiger partial charge >= 0.3 is 0 Å². The van der Waals surface area contributed by atoms with E-state index in [1.165, 1.54) is 0 Å². The van der Waals surface area contributed by atoms with Crippen molar-refractivity contribution in [2.24, 2.45) is 0 Å². The minimum Gasteiger partial charge on any atom is -0.497 e. The van der Waals surface area contributed by atoms with Gasteiger partial charge in [0.2, 0.25) is 0 Å². The van der Waals surface area contributed by atoms with E-state index in [9.17, 15) is 4.79 Å². The van der Waals surface area contributed by atoms with Crippen LogP contribution in [-0.4, -0.2) is 20.0 Å². The van der Waals surface area contributed by atoms with E-state index in [-0.39, 0.29) is 5.78 Å². The van der Waals surface area contributed by atoms with Crippen LogP contribution in [0, 0.1) is 6.92 Å². The minimum absolute atomic E-state index is 0.0309. The first-order chi connectivity index (χ1) is 13.6. The normalized spacial score (nSPS) is 10.8. The first-order valence-electron chi connectivity index (χ1n) is 8.96. The lowest BCUT2D eigenvalue weighted by Gasteiger charge is -2.15. The van der Waals surface area contributed by atoms with Gasteiger partial charge < -0.3 is 9.47 Å². The number of methoxy groups -OCH3 is 2. The van der Waals surface area contributed by atoms with Crippen LogP contribution >= 0.6 is 11.3 Å². The number of rotatable bonds is 5. The maximum absolute atomic E-state index is 13.6. The summed E-state index contributed by atoms with van der Waals surface area (Å²) < 4.78 is 11.8. The van der Waals surface area contributed by atoms with Gasteiger partial charge in [-0.15, -0.1) is 11.3 Å². The molecule has 4 heteroatoms. The Bertz CT molecular complexity index is 1160. The van der Waals surface area contributed by atoms with Crippen molar-refractivity contribution in [1.29, 1.82) is 0 Å². The van der Waals surface area contributed by atoms with Crippen LogP contribution < -0.4 is 9.47 Å². The molecule has 0 unspecified atom stereocenters. The van der Waals surface area contributed by atoms with Crippen LogP contribution in [0.4, 0.5) is 0 Å². The van der Waals surface area contributed by atoms with E-state index in [0.29, 0.717) is 5.56 Å². The third-order valence-corrected chi connectivity index (χ3v) is 5.86. The average molecular weight is 388 g/mol. The van der Waals surface area contributed by atoms with E-state index >= 15 is 0 Å². The summed E-state index contributed by atoms with van der Waals surface area (Å²) in [4.78, 5) is 13.6. The molecule has 28 heavy (non-hydrogen) atoms. The molecule has 0 fully saturated rings. The van der Waals surface area contributed by atoms with Gasteiger partial charge in [-0.25, -0.2) is 0 Å². The molecule has 0 spiro atoms. The summed E-state index contributed by atoms with van der Waals surface area (Å²) in [5.74, 6) is 1.54. The molecule has 0 saturated carbocycles. The van der Waals surface area contributed by atoms with Crippen molar-refractivity contribution in [1.82, 2.24) is 0 Å². The van der Waals surface area contributed by atoms with Crippen LogP contribution in [-0.2, 0) is 0 Å². The van der Waals surface area contributed by atoms with Gasteiger partial charge in [-0.1, -0.05) is 30.3 Å². The van der Waals surface area contributed by atoms with Gasteiger partial charge in [0.25, 0.3) is 0 Å². The van der Waals surface area contributed by atoms with Crippen molar-refractivity contribution in [3.63, 3.8) is 0 Å². The largest absolute Gasteiger partial charge is 0.497 e. The number of ketones is 1. The van der Waals surface area contributed by atoms with Crippen LogP contribution in [0.5, 0.6) is 11.5 Å². The molecule has 3 aromatic carbocycles. The van der Waals surface area contributed by atoms with E-state index in [2.05, 4.69) is 0 Å². The zero-order valence-corrected chi connectivity index (χ0v) is 16.8. The number of carbonyl (C=O) groups is 1. The first-order valence-corrected chi connectivity index (χ1v) is 9.84. The van der Waals surface area contributed by atoms with E-state index in [1.54, 1.807) is 25.6 Å². The van der Waals surface area contributed by atoms with Crippen molar-refractivity contribution < 1.29 is 14.3 Å². The first kappa shape index (κ1) is 18.3. The van der Waals surface area contributed by atoms with Crippen LogP contribution in [0.3, 0.4) is 0 Å². The second kappa shape index (κ2) is 7.49. The fraction of sp³-hybridized carbons (Fsp3) is 0.125. The second-order valence-corrected chi connectivity index (χ2v) is 7.48. The molecule has 0 bridgehead atoms. The molecule has 1 aromatic heterocycles. The Morgan fingerprint density at radius 1 is 0.893 bits per heavy atom. The third-order valence-electron chi connectivity index (χ3n) is 4.90. The number of hydrogen-bond donors (Lipinski definition) is 0. The zero-order valence-electron chi connectivity index (χ0n) is 16.0. The van der Waals surface area contributed by atoms with Gasteiger partial charge in [0, 0.05) is 26.6 Å². The molecular weight excluding hydrogens is 368 g/mol. The third kappa shape index (κ3) is 3.16. The Kier molecular flexibility index (Phi) is 4.88. The molecular formula is C24H20O3S. The summed E-state index contributed by atoms with van der Waals surface area (Å²) in [5.41, 5.74) is 4.15. The molecule has 0 aliphatic rings. The molecule has 0 saturated heterocycles. The highest BCUT2D eigenvalue weighted by Gasteiger charge is 2.21.